The third-order valence-corrected chi connectivity index (χ3v) is 7.50. The summed E-state index contributed by atoms with van der Waals surface area (Å²) in [5.74, 6) is 3.62. The minimum absolute atomic E-state index is 0.622. The molecule has 4 aromatic rings. The molecule has 0 saturated carbocycles. The Labute approximate surface area is 225 Å². The standard InChI is InChI=1S/C34H34N2O2/c1-4-25-27-20-24(37-6-3)21-28-26(5-2)32(23-16-11-8-12-17-23)38-33(30(27)28)31(34-35-18-13-19-36-34)29(25)22-14-9-7-10-15-22/h7-12,14-17,20-21H,4-6,13,18-19H2,1-3H3,(H,35,36). The molecule has 0 bridgehead atoms. The third-order valence-electron chi connectivity index (χ3n) is 7.50. The van der Waals surface area contributed by atoms with Gasteiger partial charge in [-0.15, -0.1) is 0 Å². The number of aryl methyl sites for hydroxylation is 1. The van der Waals surface area contributed by atoms with Crippen LogP contribution in [0, 0.1) is 0 Å². The summed E-state index contributed by atoms with van der Waals surface area (Å²) in [4.78, 5) is 5.00. The number of hydrogen-bond acceptors (Lipinski definition) is 4. The van der Waals surface area contributed by atoms with Crippen LogP contribution in [0.25, 0.3) is 33.2 Å². The molecule has 0 aromatic heterocycles. The van der Waals surface area contributed by atoms with Crippen LogP contribution in [0.4, 0.5) is 0 Å². The van der Waals surface area contributed by atoms with Crippen molar-refractivity contribution in [3.8, 4) is 22.6 Å². The molecule has 2 heterocycles. The molecule has 4 aromatic carbocycles. The fourth-order valence-electron chi connectivity index (χ4n) is 5.89. The minimum atomic E-state index is 0.622. The number of ether oxygens (including phenoxy) is 2. The van der Waals surface area contributed by atoms with E-state index < -0.39 is 0 Å². The van der Waals surface area contributed by atoms with Crippen LogP contribution in [0.3, 0.4) is 0 Å². The van der Waals surface area contributed by atoms with Crippen molar-refractivity contribution >= 4 is 27.9 Å². The average Bonchev–Trinajstić information content (AvgIpc) is 2.98. The van der Waals surface area contributed by atoms with E-state index >= 15 is 0 Å². The Morgan fingerprint density at radius 3 is 2.24 bits per heavy atom. The second-order valence-corrected chi connectivity index (χ2v) is 9.74. The van der Waals surface area contributed by atoms with Gasteiger partial charge >= 0.3 is 0 Å². The number of aliphatic imine (C=N–C) groups is 1. The van der Waals surface area contributed by atoms with Crippen LogP contribution >= 0.6 is 0 Å². The van der Waals surface area contributed by atoms with E-state index in [-0.39, 0.29) is 0 Å². The number of nitrogens with zero attached hydrogens (tertiary/aromatic N) is 1. The van der Waals surface area contributed by atoms with Crippen molar-refractivity contribution in [2.75, 3.05) is 19.7 Å². The predicted molar refractivity (Wildman–Crippen MR) is 158 cm³/mol. The monoisotopic (exact) mass is 502 g/mol. The smallest absolute Gasteiger partial charge is 0.147 e. The van der Waals surface area contributed by atoms with Crippen molar-refractivity contribution in [2.24, 2.45) is 4.99 Å². The van der Waals surface area contributed by atoms with Crippen LogP contribution in [-0.2, 0) is 6.42 Å². The van der Waals surface area contributed by atoms with Gasteiger partial charge in [-0.2, -0.15) is 0 Å². The highest BCUT2D eigenvalue weighted by molar-refractivity contribution is 6.18. The molecule has 6 rings (SSSR count). The Hall–Kier alpha value is -4.05. The van der Waals surface area contributed by atoms with Crippen LogP contribution in [-0.4, -0.2) is 25.5 Å². The zero-order valence-corrected chi connectivity index (χ0v) is 22.4. The van der Waals surface area contributed by atoms with Gasteiger partial charge in [0.15, 0.2) is 0 Å². The van der Waals surface area contributed by atoms with Gasteiger partial charge in [0.2, 0.25) is 0 Å². The lowest BCUT2D eigenvalue weighted by molar-refractivity contribution is 0.340. The molecule has 4 heteroatoms. The molecule has 0 radical (unpaired) electrons. The minimum Gasteiger partial charge on any atom is -0.494 e. The summed E-state index contributed by atoms with van der Waals surface area (Å²) in [7, 11) is 0. The molecular formula is C34H34N2O2. The normalized spacial score (nSPS) is 14.7. The highest BCUT2D eigenvalue weighted by Gasteiger charge is 2.32. The quantitative estimate of drug-likeness (QED) is 0.279. The lowest BCUT2D eigenvalue weighted by atomic mass is 9.82. The maximum atomic E-state index is 7.06. The summed E-state index contributed by atoms with van der Waals surface area (Å²) in [6.45, 7) is 8.83. The number of allylic oxidation sites excluding steroid dienone is 1. The fraction of sp³-hybridized carbons (Fsp3) is 0.265. The molecular weight excluding hydrogens is 468 g/mol. The summed E-state index contributed by atoms with van der Waals surface area (Å²) in [5.41, 5.74) is 8.20. The van der Waals surface area contributed by atoms with Gasteiger partial charge in [-0.1, -0.05) is 74.5 Å². The van der Waals surface area contributed by atoms with Gasteiger partial charge < -0.3 is 14.8 Å². The Morgan fingerprint density at radius 2 is 1.61 bits per heavy atom. The Balaban J connectivity index is 1.79. The topological polar surface area (TPSA) is 42.8 Å². The van der Waals surface area contributed by atoms with E-state index in [9.17, 15) is 0 Å². The van der Waals surface area contributed by atoms with Crippen molar-refractivity contribution in [3.63, 3.8) is 0 Å². The second kappa shape index (κ2) is 10.4. The maximum Gasteiger partial charge on any atom is 0.147 e. The lowest BCUT2D eigenvalue weighted by Crippen LogP contribution is -2.31. The summed E-state index contributed by atoms with van der Waals surface area (Å²) >= 11 is 0. The van der Waals surface area contributed by atoms with Crippen molar-refractivity contribution < 1.29 is 9.47 Å². The molecule has 0 unspecified atom stereocenters. The van der Waals surface area contributed by atoms with Crippen LogP contribution in [0.15, 0.2) is 77.8 Å². The predicted octanol–water partition coefficient (Wildman–Crippen LogP) is 7.88. The van der Waals surface area contributed by atoms with Gasteiger partial charge in [-0.05, 0) is 60.4 Å². The van der Waals surface area contributed by atoms with E-state index in [0.717, 1.165) is 72.0 Å². The first-order valence-electron chi connectivity index (χ1n) is 13.8. The maximum absolute atomic E-state index is 7.06. The molecule has 4 nitrogen and oxygen atoms in total. The van der Waals surface area contributed by atoms with E-state index in [0.29, 0.717) is 6.61 Å². The first kappa shape index (κ1) is 24.3. The summed E-state index contributed by atoms with van der Waals surface area (Å²) < 4.78 is 13.2. The van der Waals surface area contributed by atoms with E-state index in [1.54, 1.807) is 0 Å². The molecule has 0 atom stereocenters. The van der Waals surface area contributed by atoms with E-state index in [1.807, 2.05) is 13.0 Å². The number of benzene rings is 4. The number of hydrogen-bond donors (Lipinski definition) is 1. The molecule has 0 amide bonds. The molecule has 38 heavy (non-hydrogen) atoms. The Morgan fingerprint density at radius 1 is 0.868 bits per heavy atom. The van der Waals surface area contributed by atoms with Crippen LogP contribution < -0.4 is 14.8 Å². The molecule has 0 spiro atoms. The summed E-state index contributed by atoms with van der Waals surface area (Å²) in [5, 5.41) is 5.97. The van der Waals surface area contributed by atoms with Gasteiger partial charge in [0.25, 0.3) is 0 Å². The molecule has 0 aliphatic carbocycles. The highest BCUT2D eigenvalue weighted by atomic mass is 16.5. The van der Waals surface area contributed by atoms with Gasteiger partial charge in [0, 0.05) is 35.2 Å². The first-order valence-corrected chi connectivity index (χ1v) is 13.8. The largest absolute Gasteiger partial charge is 0.494 e. The van der Waals surface area contributed by atoms with Crippen molar-refractivity contribution in [3.05, 3.63) is 95.1 Å². The van der Waals surface area contributed by atoms with Crippen molar-refractivity contribution in [1.82, 2.24) is 5.32 Å². The highest BCUT2D eigenvalue weighted by Crippen LogP contribution is 2.51. The van der Waals surface area contributed by atoms with Crippen LogP contribution in [0.2, 0.25) is 0 Å². The van der Waals surface area contributed by atoms with Gasteiger partial charge in [0.05, 0.1) is 12.2 Å². The van der Waals surface area contributed by atoms with Gasteiger partial charge in [-0.3, -0.25) is 4.99 Å². The van der Waals surface area contributed by atoms with Crippen molar-refractivity contribution in [1.29, 1.82) is 0 Å². The molecule has 1 N–H and O–H groups in total. The van der Waals surface area contributed by atoms with E-state index in [2.05, 4.69) is 85.9 Å². The molecule has 2 aliphatic heterocycles. The fourth-order valence-corrected chi connectivity index (χ4v) is 5.89. The first-order chi connectivity index (χ1) is 18.7. The number of amidine groups is 1. The lowest BCUT2D eigenvalue weighted by Gasteiger charge is -2.31. The Bertz CT molecular complexity index is 1550. The zero-order chi connectivity index (χ0) is 26.1. The molecule has 0 saturated heterocycles. The zero-order valence-electron chi connectivity index (χ0n) is 22.4. The summed E-state index contributed by atoms with van der Waals surface area (Å²) in [6, 6.07) is 25.6. The number of rotatable bonds is 7. The molecule has 192 valence electrons. The summed E-state index contributed by atoms with van der Waals surface area (Å²) in [6.07, 6.45) is 2.77. The van der Waals surface area contributed by atoms with E-state index in [4.69, 9.17) is 14.5 Å². The van der Waals surface area contributed by atoms with Crippen LogP contribution in [0.1, 0.15) is 55.9 Å². The van der Waals surface area contributed by atoms with E-state index in [1.165, 1.54) is 33.2 Å². The SMILES string of the molecule is CCOc1cc2c3c(c(C4=NCCCN4)c(-c4ccccc4)c(CC)c3c1)OC(c1ccccc1)=C2CC. The second-order valence-electron chi connectivity index (χ2n) is 9.74. The van der Waals surface area contributed by atoms with Crippen LogP contribution in [0.5, 0.6) is 11.5 Å². The Kier molecular flexibility index (Phi) is 6.63. The average molecular weight is 503 g/mol. The van der Waals surface area contributed by atoms with Gasteiger partial charge in [0.1, 0.15) is 23.1 Å². The molecule has 0 fully saturated rings. The van der Waals surface area contributed by atoms with Crippen molar-refractivity contribution in [2.45, 2.75) is 40.0 Å². The van der Waals surface area contributed by atoms with Gasteiger partial charge in [-0.25, -0.2) is 0 Å². The third kappa shape index (κ3) is 4.05. The molecule has 2 aliphatic rings. The number of nitrogens with one attached hydrogen (secondary N) is 1.